The molecule has 3 N–H and O–H groups in total. The van der Waals surface area contributed by atoms with Crippen LogP contribution in [0.2, 0.25) is 0 Å². The molecule has 0 bridgehead atoms. The van der Waals surface area contributed by atoms with Crippen LogP contribution in [0, 0.1) is 6.92 Å². The number of H-pyrrole nitrogens is 1. The molecule has 0 atom stereocenters. The molecule has 3 rings (SSSR count). The number of nitrogens with one attached hydrogen (secondary N) is 1. The second-order valence-corrected chi connectivity index (χ2v) is 5.16. The van der Waals surface area contributed by atoms with E-state index in [0.717, 1.165) is 0 Å². The van der Waals surface area contributed by atoms with E-state index in [1.807, 2.05) is 0 Å². The van der Waals surface area contributed by atoms with Crippen LogP contribution in [-0.2, 0) is 19.4 Å². The summed E-state index contributed by atoms with van der Waals surface area (Å²) in [5.74, 6) is 0. The van der Waals surface area contributed by atoms with E-state index >= 15 is 0 Å². The van der Waals surface area contributed by atoms with E-state index in [0.29, 0.717) is 6.54 Å². The minimum Gasteiger partial charge on any atom is -0.358 e. The van der Waals surface area contributed by atoms with Crippen molar-refractivity contribution in [1.82, 2.24) is 4.98 Å². The fourth-order valence-corrected chi connectivity index (χ4v) is 3.06. The van der Waals surface area contributed by atoms with Crippen LogP contribution < -0.4 is 5.73 Å². The number of nitrogens with two attached hydrogens (primary N) is 1. The summed E-state index contributed by atoms with van der Waals surface area (Å²) < 4.78 is 0. The van der Waals surface area contributed by atoms with Crippen molar-refractivity contribution in [1.29, 1.82) is 0 Å². The van der Waals surface area contributed by atoms with Crippen LogP contribution in [0.3, 0.4) is 0 Å². The molecule has 17 heavy (non-hydrogen) atoms. The number of aromatic amines is 1. The molecule has 0 spiro atoms. The molecular formula is C15H20N2. The van der Waals surface area contributed by atoms with Gasteiger partial charge >= 0.3 is 0 Å². The van der Waals surface area contributed by atoms with Gasteiger partial charge in [0.2, 0.25) is 0 Å². The lowest BCUT2D eigenvalue weighted by Gasteiger charge is -2.06. The average molecular weight is 228 g/mol. The second kappa shape index (κ2) is 4.19. The van der Waals surface area contributed by atoms with Crippen molar-refractivity contribution in [2.45, 2.75) is 45.6 Å². The zero-order valence-electron chi connectivity index (χ0n) is 10.5. The molecule has 2 heteroatoms. The Bertz CT molecular complexity index is 552. The average Bonchev–Trinajstić information content (AvgIpc) is 2.49. The second-order valence-electron chi connectivity index (χ2n) is 5.16. The normalized spacial score (nSPS) is 15.9. The molecule has 2 aromatic rings. The Morgan fingerprint density at radius 2 is 1.82 bits per heavy atom. The van der Waals surface area contributed by atoms with Gasteiger partial charge in [-0.25, -0.2) is 0 Å². The van der Waals surface area contributed by atoms with Gasteiger partial charge < -0.3 is 10.7 Å². The van der Waals surface area contributed by atoms with Crippen molar-refractivity contribution in [3.05, 3.63) is 34.5 Å². The number of aryl methyl sites for hydroxylation is 3. The molecule has 0 saturated carbocycles. The van der Waals surface area contributed by atoms with Gasteiger partial charge in [-0.15, -0.1) is 0 Å². The third-order valence-corrected chi connectivity index (χ3v) is 4.04. The molecule has 0 amide bonds. The summed E-state index contributed by atoms with van der Waals surface area (Å²) in [5, 5.41) is 1.34. The molecule has 0 saturated heterocycles. The lowest BCUT2D eigenvalue weighted by atomic mass is 9.99. The van der Waals surface area contributed by atoms with Crippen molar-refractivity contribution in [2.75, 3.05) is 0 Å². The maximum Gasteiger partial charge on any atom is 0.0462 e. The number of hydrogen-bond donors (Lipinski definition) is 2. The molecule has 1 heterocycles. The van der Waals surface area contributed by atoms with Crippen molar-refractivity contribution < 1.29 is 0 Å². The molecule has 0 aliphatic heterocycles. The Kier molecular flexibility index (Phi) is 2.67. The summed E-state index contributed by atoms with van der Waals surface area (Å²) in [7, 11) is 0. The van der Waals surface area contributed by atoms with Gasteiger partial charge in [0, 0.05) is 23.1 Å². The Hall–Kier alpha value is -1.28. The van der Waals surface area contributed by atoms with Gasteiger partial charge in [0.15, 0.2) is 0 Å². The van der Waals surface area contributed by atoms with Gasteiger partial charge in [-0.1, -0.05) is 6.42 Å². The quantitative estimate of drug-likeness (QED) is 0.723. The van der Waals surface area contributed by atoms with Crippen LogP contribution in [0.25, 0.3) is 10.9 Å². The van der Waals surface area contributed by atoms with Gasteiger partial charge in [0.25, 0.3) is 0 Å². The molecule has 0 fully saturated rings. The SMILES string of the molecule is Cc1[nH]c2cc3c(cc2c1CN)CCCCC3. The molecule has 0 unspecified atom stereocenters. The highest BCUT2D eigenvalue weighted by molar-refractivity contribution is 5.86. The highest BCUT2D eigenvalue weighted by atomic mass is 14.7. The van der Waals surface area contributed by atoms with Crippen molar-refractivity contribution in [2.24, 2.45) is 5.73 Å². The largest absolute Gasteiger partial charge is 0.358 e. The Morgan fingerprint density at radius 3 is 2.53 bits per heavy atom. The van der Waals surface area contributed by atoms with Crippen LogP contribution >= 0.6 is 0 Å². The highest BCUT2D eigenvalue weighted by Crippen LogP contribution is 2.29. The first-order valence-electron chi connectivity index (χ1n) is 6.62. The number of fused-ring (bicyclic) bond motifs is 2. The predicted octanol–water partition coefficient (Wildman–Crippen LogP) is 3.20. The van der Waals surface area contributed by atoms with E-state index in [1.54, 1.807) is 11.1 Å². The van der Waals surface area contributed by atoms with Gasteiger partial charge in [-0.2, -0.15) is 0 Å². The van der Waals surface area contributed by atoms with Crippen LogP contribution in [0.5, 0.6) is 0 Å². The number of aromatic nitrogens is 1. The van der Waals surface area contributed by atoms with Crippen LogP contribution in [0.4, 0.5) is 0 Å². The zero-order valence-corrected chi connectivity index (χ0v) is 10.5. The van der Waals surface area contributed by atoms with Gasteiger partial charge in [0.1, 0.15) is 0 Å². The maximum absolute atomic E-state index is 5.85. The smallest absolute Gasteiger partial charge is 0.0462 e. The summed E-state index contributed by atoms with van der Waals surface area (Å²) in [6, 6.07) is 4.73. The first-order valence-corrected chi connectivity index (χ1v) is 6.62. The first-order chi connectivity index (χ1) is 8.29. The van der Waals surface area contributed by atoms with Crippen LogP contribution in [-0.4, -0.2) is 4.98 Å². The molecule has 0 radical (unpaired) electrons. The summed E-state index contributed by atoms with van der Waals surface area (Å²) in [5.41, 5.74) is 12.7. The van der Waals surface area contributed by atoms with E-state index in [4.69, 9.17) is 5.73 Å². The fraction of sp³-hybridized carbons (Fsp3) is 0.467. The lowest BCUT2D eigenvalue weighted by Crippen LogP contribution is -1.97. The minimum atomic E-state index is 0.630. The molecule has 2 nitrogen and oxygen atoms in total. The first kappa shape index (κ1) is 10.8. The molecule has 1 aliphatic rings. The maximum atomic E-state index is 5.85. The third kappa shape index (κ3) is 1.77. The van der Waals surface area contributed by atoms with Crippen molar-refractivity contribution in [3.8, 4) is 0 Å². The molecular weight excluding hydrogens is 208 g/mol. The highest BCUT2D eigenvalue weighted by Gasteiger charge is 2.13. The van der Waals surface area contributed by atoms with E-state index in [-0.39, 0.29) is 0 Å². The lowest BCUT2D eigenvalue weighted by molar-refractivity contribution is 0.711. The van der Waals surface area contributed by atoms with Crippen molar-refractivity contribution in [3.63, 3.8) is 0 Å². The zero-order chi connectivity index (χ0) is 11.8. The Morgan fingerprint density at radius 1 is 1.12 bits per heavy atom. The van der Waals surface area contributed by atoms with Gasteiger partial charge in [-0.05, 0) is 61.4 Å². The monoisotopic (exact) mass is 228 g/mol. The topological polar surface area (TPSA) is 41.8 Å². The fourth-order valence-electron chi connectivity index (χ4n) is 3.06. The van der Waals surface area contributed by atoms with Gasteiger partial charge in [-0.3, -0.25) is 0 Å². The van der Waals surface area contributed by atoms with Crippen LogP contribution in [0.15, 0.2) is 12.1 Å². The molecule has 1 aromatic carbocycles. The van der Waals surface area contributed by atoms with E-state index < -0.39 is 0 Å². The summed E-state index contributed by atoms with van der Waals surface area (Å²) in [6.07, 6.45) is 6.51. The molecule has 1 aromatic heterocycles. The number of hydrogen-bond acceptors (Lipinski definition) is 1. The summed E-state index contributed by atoms with van der Waals surface area (Å²) in [6.45, 7) is 2.75. The number of benzene rings is 1. The van der Waals surface area contributed by atoms with Crippen molar-refractivity contribution >= 4 is 10.9 Å². The third-order valence-electron chi connectivity index (χ3n) is 4.04. The standard InChI is InChI=1S/C15H20N2/c1-10-14(9-16)13-7-11-5-3-2-4-6-12(11)8-15(13)17-10/h7-8,17H,2-6,9,16H2,1H3. The Labute approximate surface area is 102 Å². The Balaban J connectivity index is 2.22. The minimum absolute atomic E-state index is 0.630. The molecule has 1 aliphatic carbocycles. The van der Waals surface area contributed by atoms with E-state index in [9.17, 15) is 0 Å². The summed E-state index contributed by atoms with van der Waals surface area (Å²) in [4.78, 5) is 3.47. The molecule has 90 valence electrons. The van der Waals surface area contributed by atoms with E-state index in [1.165, 1.54) is 54.3 Å². The van der Waals surface area contributed by atoms with E-state index in [2.05, 4.69) is 24.0 Å². The predicted molar refractivity (Wildman–Crippen MR) is 72.2 cm³/mol. The summed E-state index contributed by atoms with van der Waals surface area (Å²) >= 11 is 0. The number of rotatable bonds is 1. The van der Waals surface area contributed by atoms with Gasteiger partial charge in [0.05, 0.1) is 0 Å². The van der Waals surface area contributed by atoms with Crippen LogP contribution in [0.1, 0.15) is 41.6 Å².